The highest BCUT2D eigenvalue weighted by Gasteiger charge is 2.18. The quantitative estimate of drug-likeness (QED) is 0.784. The van der Waals surface area contributed by atoms with Crippen molar-refractivity contribution in [1.29, 1.82) is 0 Å². The summed E-state index contributed by atoms with van der Waals surface area (Å²) in [4.78, 5) is 14.2. The van der Waals surface area contributed by atoms with E-state index in [9.17, 15) is 4.79 Å². The number of halogens is 1. The molecule has 18 heavy (non-hydrogen) atoms. The Hall–Kier alpha value is -1.23. The number of hydrogen-bond acceptors (Lipinski definition) is 3. The van der Waals surface area contributed by atoms with Crippen molar-refractivity contribution in [3.63, 3.8) is 0 Å². The Balaban J connectivity index is 3.02. The first kappa shape index (κ1) is 14.8. The van der Waals surface area contributed by atoms with Crippen LogP contribution < -0.4 is 9.47 Å². The van der Waals surface area contributed by atoms with E-state index in [4.69, 9.17) is 9.47 Å². The second-order valence-electron chi connectivity index (χ2n) is 4.03. The minimum absolute atomic E-state index is 0.0861. The van der Waals surface area contributed by atoms with Gasteiger partial charge in [0, 0.05) is 18.4 Å². The molecule has 0 heterocycles. The number of rotatable bonds is 5. The predicted octanol–water partition coefficient (Wildman–Crippen LogP) is 2.56. The van der Waals surface area contributed by atoms with Crippen molar-refractivity contribution in [2.75, 3.05) is 27.8 Å². The first-order valence-corrected chi connectivity index (χ1v) is 6.52. The molecule has 1 amide bonds. The van der Waals surface area contributed by atoms with Gasteiger partial charge in [0.15, 0.2) is 0 Å². The predicted molar refractivity (Wildman–Crippen MR) is 74.9 cm³/mol. The summed E-state index contributed by atoms with van der Waals surface area (Å²) < 4.78 is 10.3. The van der Waals surface area contributed by atoms with Crippen LogP contribution in [0.25, 0.3) is 0 Å². The summed E-state index contributed by atoms with van der Waals surface area (Å²) in [5.41, 5.74) is 0.507. The Morgan fingerprint density at radius 1 is 1.39 bits per heavy atom. The third kappa shape index (κ3) is 3.63. The number of alkyl halides is 1. The molecule has 0 aromatic heterocycles. The Labute approximate surface area is 116 Å². The van der Waals surface area contributed by atoms with E-state index in [1.54, 1.807) is 44.4 Å². The fourth-order valence-electron chi connectivity index (χ4n) is 1.65. The SMILES string of the molecule is COc1ccc(OC)c(C(=O)N(C)CC(C)Br)c1. The number of carbonyl (C=O) groups is 1. The monoisotopic (exact) mass is 315 g/mol. The van der Waals surface area contributed by atoms with Crippen LogP contribution in [0.2, 0.25) is 0 Å². The van der Waals surface area contributed by atoms with E-state index in [2.05, 4.69) is 15.9 Å². The first-order chi connectivity index (χ1) is 8.49. The van der Waals surface area contributed by atoms with Crippen LogP contribution in [-0.2, 0) is 0 Å². The van der Waals surface area contributed by atoms with E-state index >= 15 is 0 Å². The summed E-state index contributed by atoms with van der Waals surface area (Å²) >= 11 is 3.43. The lowest BCUT2D eigenvalue weighted by atomic mass is 10.1. The van der Waals surface area contributed by atoms with Gasteiger partial charge in [-0.15, -0.1) is 0 Å². The van der Waals surface area contributed by atoms with E-state index in [1.807, 2.05) is 6.92 Å². The molecule has 1 aromatic rings. The van der Waals surface area contributed by atoms with Crippen LogP contribution in [0.5, 0.6) is 11.5 Å². The minimum atomic E-state index is -0.0861. The molecule has 4 nitrogen and oxygen atoms in total. The van der Waals surface area contributed by atoms with E-state index in [0.717, 1.165) is 0 Å². The van der Waals surface area contributed by atoms with Crippen LogP contribution in [0.4, 0.5) is 0 Å². The van der Waals surface area contributed by atoms with E-state index in [-0.39, 0.29) is 10.7 Å². The van der Waals surface area contributed by atoms with E-state index < -0.39 is 0 Å². The van der Waals surface area contributed by atoms with Crippen LogP contribution >= 0.6 is 15.9 Å². The molecule has 0 fully saturated rings. The molecule has 1 aromatic carbocycles. The van der Waals surface area contributed by atoms with E-state index in [1.165, 1.54) is 0 Å². The summed E-state index contributed by atoms with van der Waals surface area (Å²) in [5.74, 6) is 1.10. The highest BCUT2D eigenvalue weighted by molar-refractivity contribution is 9.09. The number of benzene rings is 1. The summed E-state index contributed by atoms with van der Waals surface area (Å²) in [6.07, 6.45) is 0. The molecule has 1 atom stereocenters. The van der Waals surface area contributed by atoms with Gasteiger partial charge in [0.25, 0.3) is 5.91 Å². The van der Waals surface area contributed by atoms with Crippen molar-refractivity contribution < 1.29 is 14.3 Å². The lowest BCUT2D eigenvalue weighted by Gasteiger charge is -2.20. The number of amides is 1. The average molecular weight is 316 g/mol. The second-order valence-corrected chi connectivity index (χ2v) is 5.60. The van der Waals surface area contributed by atoms with Gasteiger partial charge < -0.3 is 14.4 Å². The fraction of sp³-hybridized carbons (Fsp3) is 0.462. The van der Waals surface area contributed by atoms with Gasteiger partial charge in [-0.2, -0.15) is 0 Å². The fourth-order valence-corrected chi connectivity index (χ4v) is 2.08. The third-order valence-electron chi connectivity index (χ3n) is 2.51. The minimum Gasteiger partial charge on any atom is -0.497 e. The molecule has 0 spiro atoms. The molecule has 5 heteroatoms. The summed E-state index contributed by atoms with van der Waals surface area (Å²) in [7, 11) is 4.88. The smallest absolute Gasteiger partial charge is 0.257 e. The molecular formula is C13H18BrNO3. The summed E-state index contributed by atoms with van der Waals surface area (Å²) in [6.45, 7) is 2.62. The van der Waals surface area contributed by atoms with Gasteiger partial charge in [0.05, 0.1) is 19.8 Å². The second kappa shape index (κ2) is 6.64. The van der Waals surface area contributed by atoms with Gasteiger partial charge in [-0.05, 0) is 18.2 Å². The Morgan fingerprint density at radius 3 is 2.56 bits per heavy atom. The van der Waals surface area contributed by atoms with Crippen molar-refractivity contribution in [3.05, 3.63) is 23.8 Å². The molecule has 0 aliphatic carbocycles. The average Bonchev–Trinajstić information content (AvgIpc) is 2.36. The van der Waals surface area contributed by atoms with Gasteiger partial charge in [-0.25, -0.2) is 0 Å². The largest absolute Gasteiger partial charge is 0.497 e. The number of ether oxygens (including phenoxy) is 2. The van der Waals surface area contributed by atoms with Crippen molar-refractivity contribution in [1.82, 2.24) is 4.90 Å². The molecule has 0 saturated carbocycles. The Morgan fingerprint density at radius 2 is 2.06 bits per heavy atom. The summed E-state index contributed by atoms with van der Waals surface area (Å²) in [5, 5.41) is 0. The maximum Gasteiger partial charge on any atom is 0.257 e. The first-order valence-electron chi connectivity index (χ1n) is 5.61. The van der Waals surface area contributed by atoms with Crippen LogP contribution in [-0.4, -0.2) is 43.4 Å². The normalized spacial score (nSPS) is 11.8. The zero-order chi connectivity index (χ0) is 13.7. The Kier molecular flexibility index (Phi) is 5.47. The zero-order valence-corrected chi connectivity index (χ0v) is 12.7. The molecule has 0 radical (unpaired) electrons. The molecule has 0 saturated heterocycles. The van der Waals surface area contributed by atoms with Crippen LogP contribution in [0.3, 0.4) is 0 Å². The molecule has 0 N–H and O–H groups in total. The molecule has 100 valence electrons. The number of carbonyl (C=O) groups excluding carboxylic acids is 1. The number of methoxy groups -OCH3 is 2. The van der Waals surface area contributed by atoms with Crippen molar-refractivity contribution in [2.24, 2.45) is 0 Å². The lowest BCUT2D eigenvalue weighted by molar-refractivity contribution is 0.0793. The van der Waals surface area contributed by atoms with Crippen LogP contribution in [0, 0.1) is 0 Å². The van der Waals surface area contributed by atoms with Crippen LogP contribution in [0.15, 0.2) is 18.2 Å². The standard InChI is InChI=1S/C13H18BrNO3/c1-9(14)8-15(2)13(16)11-7-10(17-3)5-6-12(11)18-4/h5-7,9H,8H2,1-4H3. The molecular weight excluding hydrogens is 298 g/mol. The van der Waals surface area contributed by atoms with E-state index in [0.29, 0.717) is 23.6 Å². The van der Waals surface area contributed by atoms with Crippen molar-refractivity contribution in [3.8, 4) is 11.5 Å². The summed E-state index contributed by atoms with van der Waals surface area (Å²) in [6, 6.07) is 5.19. The maximum atomic E-state index is 12.3. The molecule has 0 aliphatic heterocycles. The van der Waals surface area contributed by atoms with Gasteiger partial charge in [0.1, 0.15) is 11.5 Å². The van der Waals surface area contributed by atoms with Gasteiger partial charge in [0.2, 0.25) is 0 Å². The van der Waals surface area contributed by atoms with Gasteiger partial charge >= 0.3 is 0 Å². The Bertz CT molecular complexity index is 421. The molecule has 1 unspecified atom stereocenters. The van der Waals surface area contributed by atoms with Crippen molar-refractivity contribution in [2.45, 2.75) is 11.8 Å². The highest BCUT2D eigenvalue weighted by Crippen LogP contribution is 2.25. The third-order valence-corrected chi connectivity index (χ3v) is 2.80. The maximum absolute atomic E-state index is 12.3. The lowest BCUT2D eigenvalue weighted by Crippen LogP contribution is -2.31. The van der Waals surface area contributed by atoms with Crippen molar-refractivity contribution >= 4 is 21.8 Å². The highest BCUT2D eigenvalue weighted by atomic mass is 79.9. The molecule has 1 rings (SSSR count). The zero-order valence-electron chi connectivity index (χ0n) is 11.1. The molecule has 0 bridgehead atoms. The topological polar surface area (TPSA) is 38.8 Å². The van der Waals surface area contributed by atoms with Gasteiger partial charge in [-0.3, -0.25) is 4.79 Å². The molecule has 0 aliphatic rings. The van der Waals surface area contributed by atoms with Gasteiger partial charge in [-0.1, -0.05) is 22.9 Å². The van der Waals surface area contributed by atoms with Crippen LogP contribution in [0.1, 0.15) is 17.3 Å². The number of hydrogen-bond donors (Lipinski definition) is 0. The number of nitrogens with zero attached hydrogens (tertiary/aromatic N) is 1.